The molecule has 112 valence electrons. The summed E-state index contributed by atoms with van der Waals surface area (Å²) < 4.78 is 27.4. The zero-order valence-electron chi connectivity index (χ0n) is 12.2. The van der Waals surface area contributed by atoms with Gasteiger partial charge in [0.15, 0.2) is 0 Å². The standard InChI is InChI=1S/C15H24N2O2S/c1-11-7-8-12(2)13(9-11)10-20(18,19)17-15-6-4-3-5-14(15)16/h7-9,14-15,17H,3-6,10,16H2,1-2H3. The number of nitrogens with two attached hydrogens (primary N) is 1. The van der Waals surface area contributed by atoms with Crippen LogP contribution in [0.3, 0.4) is 0 Å². The maximum absolute atomic E-state index is 12.3. The Morgan fingerprint density at radius 2 is 1.95 bits per heavy atom. The van der Waals surface area contributed by atoms with Gasteiger partial charge in [-0.3, -0.25) is 0 Å². The predicted octanol–water partition coefficient (Wildman–Crippen LogP) is 1.99. The van der Waals surface area contributed by atoms with Crippen molar-refractivity contribution in [3.8, 4) is 0 Å². The first-order valence-electron chi connectivity index (χ1n) is 7.19. The SMILES string of the molecule is Cc1ccc(C)c(CS(=O)(=O)NC2CCCCC2N)c1. The average Bonchev–Trinajstić information content (AvgIpc) is 2.36. The van der Waals surface area contributed by atoms with Crippen molar-refractivity contribution in [3.05, 3.63) is 34.9 Å². The minimum absolute atomic E-state index is 0.0315. The van der Waals surface area contributed by atoms with Crippen LogP contribution in [0.5, 0.6) is 0 Å². The lowest BCUT2D eigenvalue weighted by molar-refractivity contribution is 0.361. The molecule has 1 fully saturated rings. The van der Waals surface area contributed by atoms with Crippen LogP contribution in [0.25, 0.3) is 0 Å². The molecule has 0 heterocycles. The Bertz CT molecular complexity index is 569. The van der Waals surface area contributed by atoms with Crippen LogP contribution < -0.4 is 10.5 Å². The first-order chi connectivity index (χ1) is 9.37. The van der Waals surface area contributed by atoms with Crippen molar-refractivity contribution >= 4 is 10.0 Å². The minimum Gasteiger partial charge on any atom is -0.326 e. The van der Waals surface area contributed by atoms with Gasteiger partial charge < -0.3 is 5.73 Å². The molecule has 1 aliphatic carbocycles. The van der Waals surface area contributed by atoms with Crippen molar-refractivity contribution in [2.45, 2.75) is 57.4 Å². The number of benzene rings is 1. The number of hydrogen-bond donors (Lipinski definition) is 2. The van der Waals surface area contributed by atoms with E-state index in [1.54, 1.807) is 0 Å². The van der Waals surface area contributed by atoms with Gasteiger partial charge in [-0.25, -0.2) is 13.1 Å². The normalized spacial score (nSPS) is 23.8. The fraction of sp³-hybridized carbons (Fsp3) is 0.600. The van der Waals surface area contributed by atoms with Crippen LogP contribution in [-0.2, 0) is 15.8 Å². The van der Waals surface area contributed by atoms with Crippen LogP contribution in [0, 0.1) is 13.8 Å². The molecule has 1 aliphatic rings. The molecule has 3 N–H and O–H groups in total. The molecule has 1 aromatic rings. The van der Waals surface area contributed by atoms with Crippen LogP contribution in [0.1, 0.15) is 42.4 Å². The second kappa shape index (κ2) is 6.24. The Kier molecular flexibility index (Phi) is 4.83. The summed E-state index contributed by atoms with van der Waals surface area (Å²) in [5.74, 6) is 0.0315. The van der Waals surface area contributed by atoms with Crippen LogP contribution in [0.4, 0.5) is 0 Å². The van der Waals surface area contributed by atoms with Gasteiger partial charge in [0.1, 0.15) is 0 Å². The largest absolute Gasteiger partial charge is 0.326 e. The van der Waals surface area contributed by atoms with E-state index in [1.807, 2.05) is 32.0 Å². The molecule has 0 radical (unpaired) electrons. The fourth-order valence-electron chi connectivity index (χ4n) is 2.74. The summed E-state index contributed by atoms with van der Waals surface area (Å²) >= 11 is 0. The van der Waals surface area contributed by atoms with Crippen LogP contribution >= 0.6 is 0 Å². The van der Waals surface area contributed by atoms with Crippen LogP contribution in [-0.4, -0.2) is 20.5 Å². The number of nitrogens with one attached hydrogen (secondary N) is 1. The van der Waals surface area contributed by atoms with Crippen LogP contribution in [0.15, 0.2) is 18.2 Å². The van der Waals surface area contributed by atoms with E-state index in [4.69, 9.17) is 5.73 Å². The Morgan fingerprint density at radius 1 is 1.25 bits per heavy atom. The van der Waals surface area contributed by atoms with Crippen molar-refractivity contribution in [1.82, 2.24) is 4.72 Å². The maximum Gasteiger partial charge on any atom is 0.216 e. The van der Waals surface area contributed by atoms with Gasteiger partial charge >= 0.3 is 0 Å². The molecule has 0 aromatic heterocycles. The highest BCUT2D eigenvalue weighted by Crippen LogP contribution is 2.19. The Hall–Kier alpha value is -0.910. The van der Waals surface area contributed by atoms with E-state index in [2.05, 4.69) is 4.72 Å². The monoisotopic (exact) mass is 296 g/mol. The number of sulfonamides is 1. The maximum atomic E-state index is 12.3. The summed E-state index contributed by atoms with van der Waals surface area (Å²) in [6, 6.07) is 5.73. The molecule has 4 nitrogen and oxygen atoms in total. The van der Waals surface area contributed by atoms with E-state index >= 15 is 0 Å². The van der Waals surface area contributed by atoms with E-state index in [9.17, 15) is 8.42 Å². The van der Waals surface area contributed by atoms with Crippen molar-refractivity contribution in [2.24, 2.45) is 5.73 Å². The number of hydrogen-bond acceptors (Lipinski definition) is 3. The minimum atomic E-state index is -3.34. The molecule has 5 heteroatoms. The van der Waals surface area contributed by atoms with Crippen LogP contribution in [0.2, 0.25) is 0 Å². The first-order valence-corrected chi connectivity index (χ1v) is 8.84. The highest BCUT2D eigenvalue weighted by molar-refractivity contribution is 7.88. The highest BCUT2D eigenvalue weighted by Gasteiger charge is 2.26. The molecule has 0 amide bonds. The molecular formula is C15H24N2O2S. The van der Waals surface area contributed by atoms with Gasteiger partial charge in [-0.2, -0.15) is 0 Å². The summed E-state index contributed by atoms with van der Waals surface area (Å²) in [5.41, 5.74) is 8.96. The average molecular weight is 296 g/mol. The molecule has 0 saturated heterocycles. The van der Waals surface area contributed by atoms with Gasteiger partial charge in [0.05, 0.1) is 5.75 Å². The Balaban J connectivity index is 2.09. The highest BCUT2D eigenvalue weighted by atomic mass is 32.2. The van der Waals surface area contributed by atoms with Crippen molar-refractivity contribution in [1.29, 1.82) is 0 Å². The molecule has 2 unspecified atom stereocenters. The van der Waals surface area contributed by atoms with Gasteiger partial charge in [0, 0.05) is 12.1 Å². The molecule has 2 rings (SSSR count). The smallest absolute Gasteiger partial charge is 0.216 e. The van der Waals surface area contributed by atoms with Gasteiger partial charge in [0.25, 0.3) is 0 Å². The number of aryl methyl sites for hydroxylation is 2. The second-order valence-electron chi connectivity index (χ2n) is 5.86. The summed E-state index contributed by atoms with van der Waals surface area (Å²) in [6.07, 6.45) is 3.88. The van der Waals surface area contributed by atoms with E-state index in [-0.39, 0.29) is 17.8 Å². The predicted molar refractivity (Wildman–Crippen MR) is 81.9 cm³/mol. The lowest BCUT2D eigenvalue weighted by Crippen LogP contribution is -2.49. The van der Waals surface area contributed by atoms with E-state index in [0.717, 1.165) is 42.4 Å². The molecule has 20 heavy (non-hydrogen) atoms. The van der Waals surface area contributed by atoms with Crippen molar-refractivity contribution in [3.63, 3.8) is 0 Å². The quantitative estimate of drug-likeness (QED) is 0.892. The second-order valence-corrected chi connectivity index (χ2v) is 7.62. The third kappa shape index (κ3) is 4.04. The Morgan fingerprint density at radius 3 is 2.65 bits per heavy atom. The van der Waals surface area contributed by atoms with E-state index in [0.29, 0.717) is 0 Å². The zero-order chi connectivity index (χ0) is 14.8. The Labute approximate surface area is 121 Å². The van der Waals surface area contributed by atoms with Crippen molar-refractivity contribution < 1.29 is 8.42 Å². The molecule has 1 aromatic carbocycles. The number of rotatable bonds is 4. The van der Waals surface area contributed by atoms with Gasteiger partial charge in [-0.05, 0) is 37.8 Å². The summed E-state index contributed by atoms with van der Waals surface area (Å²) in [4.78, 5) is 0. The molecule has 0 aliphatic heterocycles. The van der Waals surface area contributed by atoms with E-state index in [1.165, 1.54) is 0 Å². The van der Waals surface area contributed by atoms with Gasteiger partial charge in [-0.15, -0.1) is 0 Å². The van der Waals surface area contributed by atoms with Gasteiger partial charge in [0.2, 0.25) is 10.0 Å². The first kappa shape index (κ1) is 15.5. The topological polar surface area (TPSA) is 72.2 Å². The molecule has 0 spiro atoms. The molecular weight excluding hydrogens is 272 g/mol. The molecule has 0 bridgehead atoms. The molecule has 1 saturated carbocycles. The lowest BCUT2D eigenvalue weighted by Gasteiger charge is -2.29. The fourth-order valence-corrected chi connectivity index (χ4v) is 4.30. The van der Waals surface area contributed by atoms with E-state index < -0.39 is 10.0 Å². The summed E-state index contributed by atoms with van der Waals surface area (Å²) in [5, 5.41) is 0. The zero-order valence-corrected chi connectivity index (χ0v) is 13.0. The summed E-state index contributed by atoms with van der Waals surface area (Å²) in [6.45, 7) is 3.91. The van der Waals surface area contributed by atoms with Gasteiger partial charge in [-0.1, -0.05) is 36.6 Å². The third-order valence-corrected chi connectivity index (χ3v) is 5.35. The molecule has 2 atom stereocenters. The summed E-state index contributed by atoms with van der Waals surface area (Å²) in [7, 11) is -3.34. The third-order valence-electron chi connectivity index (χ3n) is 4.00. The van der Waals surface area contributed by atoms with Crippen molar-refractivity contribution in [2.75, 3.05) is 0 Å². The lowest BCUT2D eigenvalue weighted by atomic mass is 9.92.